The molecule has 0 fully saturated rings. The first kappa shape index (κ1) is 13.2. The number of carbonyl (C=O) groups is 1. The van der Waals surface area contributed by atoms with E-state index in [0.717, 1.165) is 12.1 Å². The molecule has 1 amide bonds. The topological polar surface area (TPSA) is 59.2 Å². The molecule has 0 saturated carbocycles. The van der Waals surface area contributed by atoms with Crippen LogP contribution in [0.4, 0.5) is 14.6 Å². The molecule has 1 aromatic carbocycles. The van der Waals surface area contributed by atoms with Crippen LogP contribution >= 0.6 is 0 Å². The Morgan fingerprint density at radius 2 is 2.00 bits per heavy atom. The predicted molar refractivity (Wildman–Crippen MR) is 68.7 cm³/mol. The second-order valence-electron chi connectivity index (χ2n) is 4.27. The van der Waals surface area contributed by atoms with Crippen molar-refractivity contribution in [2.24, 2.45) is 5.73 Å². The molecule has 100 valence electrons. The average molecular weight is 265 g/mol. The number of hydrogen-bond acceptors (Lipinski definition) is 3. The van der Waals surface area contributed by atoms with Crippen molar-refractivity contribution in [3.8, 4) is 0 Å². The van der Waals surface area contributed by atoms with Crippen LogP contribution in [0.15, 0.2) is 24.3 Å². The zero-order valence-corrected chi connectivity index (χ0v) is 10.4. The number of halogens is 2. The van der Waals surface area contributed by atoms with Gasteiger partial charge in [0.2, 0.25) is 5.91 Å². The lowest BCUT2D eigenvalue weighted by Gasteiger charge is -2.17. The first-order valence-corrected chi connectivity index (χ1v) is 5.72. The molecule has 0 aliphatic heterocycles. The van der Waals surface area contributed by atoms with Gasteiger partial charge in [-0.1, -0.05) is 0 Å². The summed E-state index contributed by atoms with van der Waals surface area (Å²) in [4.78, 5) is 16.7. The molecule has 1 heterocycles. The summed E-state index contributed by atoms with van der Waals surface area (Å²) >= 11 is 0. The monoisotopic (exact) mass is 265 g/mol. The van der Waals surface area contributed by atoms with E-state index < -0.39 is 17.5 Å². The largest absolute Gasteiger partial charge is 0.370 e. The van der Waals surface area contributed by atoms with Gasteiger partial charge in [-0.2, -0.15) is 0 Å². The Balaban J connectivity index is 2.30. The zero-order valence-electron chi connectivity index (χ0n) is 10.4. The summed E-state index contributed by atoms with van der Waals surface area (Å²) in [6.45, 7) is 0.414. The van der Waals surface area contributed by atoms with Gasteiger partial charge in [-0.05, 0) is 18.2 Å². The molecular formula is C13H13F2N3O. The van der Waals surface area contributed by atoms with Crippen LogP contribution < -0.4 is 10.6 Å². The molecule has 6 heteroatoms. The summed E-state index contributed by atoms with van der Waals surface area (Å²) in [5, 5.41) is 0.519. The summed E-state index contributed by atoms with van der Waals surface area (Å²) in [5.41, 5.74) is 5.43. The number of nitrogens with zero attached hydrogens (tertiary/aromatic N) is 2. The summed E-state index contributed by atoms with van der Waals surface area (Å²) in [5.74, 6) is -1.67. The fourth-order valence-corrected chi connectivity index (χ4v) is 1.71. The van der Waals surface area contributed by atoms with Crippen molar-refractivity contribution in [3.05, 3.63) is 35.9 Å². The number of aromatic nitrogens is 1. The minimum Gasteiger partial charge on any atom is -0.370 e. The summed E-state index contributed by atoms with van der Waals surface area (Å²) in [6, 6.07) is 5.49. The lowest BCUT2D eigenvalue weighted by molar-refractivity contribution is -0.117. The molecule has 0 spiro atoms. The van der Waals surface area contributed by atoms with Gasteiger partial charge in [0.25, 0.3) is 0 Å². The number of pyridine rings is 1. The molecule has 2 rings (SSSR count). The molecule has 2 aromatic rings. The van der Waals surface area contributed by atoms with Gasteiger partial charge in [0, 0.05) is 31.5 Å². The Morgan fingerprint density at radius 1 is 1.32 bits per heavy atom. The molecule has 19 heavy (non-hydrogen) atoms. The van der Waals surface area contributed by atoms with Crippen LogP contribution in [0.25, 0.3) is 10.9 Å². The van der Waals surface area contributed by atoms with E-state index in [1.54, 1.807) is 24.1 Å². The highest BCUT2D eigenvalue weighted by Gasteiger charge is 2.08. The van der Waals surface area contributed by atoms with E-state index in [1.165, 1.54) is 0 Å². The van der Waals surface area contributed by atoms with Crippen molar-refractivity contribution in [2.45, 2.75) is 6.42 Å². The Kier molecular flexibility index (Phi) is 3.59. The van der Waals surface area contributed by atoms with E-state index in [1.807, 2.05) is 0 Å². The molecule has 0 radical (unpaired) electrons. The van der Waals surface area contributed by atoms with E-state index >= 15 is 0 Å². The average Bonchev–Trinajstić information content (AvgIpc) is 2.36. The molecule has 1 aromatic heterocycles. The van der Waals surface area contributed by atoms with Gasteiger partial charge >= 0.3 is 0 Å². The van der Waals surface area contributed by atoms with Gasteiger partial charge in [-0.3, -0.25) is 4.79 Å². The van der Waals surface area contributed by atoms with Crippen molar-refractivity contribution in [2.75, 3.05) is 18.5 Å². The zero-order chi connectivity index (χ0) is 14.0. The normalized spacial score (nSPS) is 10.7. The number of nitrogens with two attached hydrogens (primary N) is 1. The van der Waals surface area contributed by atoms with Crippen molar-refractivity contribution in [1.29, 1.82) is 0 Å². The number of primary amides is 1. The number of carbonyl (C=O) groups excluding carboxylic acids is 1. The molecule has 0 aliphatic rings. The Labute approximate surface area is 108 Å². The van der Waals surface area contributed by atoms with Crippen molar-refractivity contribution < 1.29 is 13.6 Å². The van der Waals surface area contributed by atoms with Gasteiger partial charge < -0.3 is 10.6 Å². The summed E-state index contributed by atoms with van der Waals surface area (Å²) < 4.78 is 26.2. The van der Waals surface area contributed by atoms with Crippen LogP contribution in [0.3, 0.4) is 0 Å². The third-order valence-corrected chi connectivity index (χ3v) is 2.80. The standard InChI is InChI=1S/C13H13F2N3O/c1-18(5-4-12(16)19)13-3-2-8-6-9(14)10(15)7-11(8)17-13/h2-3,6-7H,4-5H2,1H3,(H2,16,19). The maximum Gasteiger partial charge on any atom is 0.219 e. The maximum absolute atomic E-state index is 13.1. The Morgan fingerprint density at radius 3 is 2.68 bits per heavy atom. The molecule has 0 unspecified atom stereocenters. The quantitative estimate of drug-likeness (QED) is 0.917. The Hall–Kier alpha value is -2.24. The first-order valence-electron chi connectivity index (χ1n) is 5.72. The lowest BCUT2D eigenvalue weighted by Crippen LogP contribution is -2.24. The van der Waals surface area contributed by atoms with Gasteiger partial charge in [0.15, 0.2) is 11.6 Å². The number of amides is 1. The number of rotatable bonds is 4. The third kappa shape index (κ3) is 2.96. The van der Waals surface area contributed by atoms with Crippen molar-refractivity contribution in [3.63, 3.8) is 0 Å². The summed E-state index contributed by atoms with van der Waals surface area (Å²) in [6.07, 6.45) is 0.202. The van der Waals surface area contributed by atoms with E-state index in [0.29, 0.717) is 23.3 Å². The lowest BCUT2D eigenvalue weighted by atomic mass is 10.2. The van der Waals surface area contributed by atoms with Gasteiger partial charge in [0.1, 0.15) is 5.82 Å². The third-order valence-electron chi connectivity index (χ3n) is 2.80. The van der Waals surface area contributed by atoms with E-state index in [2.05, 4.69) is 4.98 Å². The molecule has 0 bridgehead atoms. The predicted octanol–water partition coefficient (Wildman–Crippen LogP) is 1.82. The number of fused-ring (bicyclic) bond motifs is 1. The van der Waals surface area contributed by atoms with Crippen LogP contribution in [-0.4, -0.2) is 24.5 Å². The molecular weight excluding hydrogens is 252 g/mol. The highest BCUT2D eigenvalue weighted by molar-refractivity contribution is 5.80. The van der Waals surface area contributed by atoms with Crippen LogP contribution in [0.5, 0.6) is 0 Å². The van der Waals surface area contributed by atoms with Crippen LogP contribution in [0.2, 0.25) is 0 Å². The van der Waals surface area contributed by atoms with E-state index in [4.69, 9.17) is 5.73 Å². The molecule has 0 atom stereocenters. The second-order valence-corrected chi connectivity index (χ2v) is 4.27. The minimum atomic E-state index is -0.933. The number of benzene rings is 1. The highest BCUT2D eigenvalue weighted by Crippen LogP contribution is 2.20. The van der Waals surface area contributed by atoms with Gasteiger partial charge in [0.05, 0.1) is 5.52 Å². The highest BCUT2D eigenvalue weighted by atomic mass is 19.2. The van der Waals surface area contributed by atoms with Crippen LogP contribution in [0.1, 0.15) is 6.42 Å². The fraction of sp³-hybridized carbons (Fsp3) is 0.231. The molecule has 0 aliphatic carbocycles. The fourth-order valence-electron chi connectivity index (χ4n) is 1.71. The Bertz CT molecular complexity index is 631. The molecule has 0 saturated heterocycles. The number of anilines is 1. The molecule has 4 nitrogen and oxygen atoms in total. The van der Waals surface area contributed by atoms with Gasteiger partial charge in [-0.15, -0.1) is 0 Å². The first-order chi connectivity index (χ1) is 8.97. The van der Waals surface area contributed by atoms with Crippen molar-refractivity contribution >= 4 is 22.6 Å². The molecule has 2 N–H and O–H groups in total. The van der Waals surface area contributed by atoms with Crippen molar-refractivity contribution in [1.82, 2.24) is 4.98 Å². The van der Waals surface area contributed by atoms with Crippen LogP contribution in [0, 0.1) is 11.6 Å². The number of hydrogen-bond donors (Lipinski definition) is 1. The van der Waals surface area contributed by atoms with Crippen LogP contribution in [-0.2, 0) is 4.79 Å². The summed E-state index contributed by atoms with van der Waals surface area (Å²) in [7, 11) is 1.75. The van der Waals surface area contributed by atoms with E-state index in [-0.39, 0.29) is 6.42 Å². The van der Waals surface area contributed by atoms with Gasteiger partial charge in [-0.25, -0.2) is 13.8 Å². The maximum atomic E-state index is 13.1. The van der Waals surface area contributed by atoms with E-state index in [9.17, 15) is 13.6 Å². The smallest absolute Gasteiger partial charge is 0.219 e. The second kappa shape index (κ2) is 5.17. The SMILES string of the molecule is CN(CCC(N)=O)c1ccc2cc(F)c(F)cc2n1. The minimum absolute atomic E-state index is 0.202.